The molecule has 2 aromatic rings. The van der Waals surface area contributed by atoms with Crippen LogP contribution in [0.2, 0.25) is 0 Å². The van der Waals surface area contributed by atoms with Crippen molar-refractivity contribution in [1.29, 1.82) is 0 Å². The zero-order valence-electron chi connectivity index (χ0n) is 10.1. The standard InChI is InChI=1S/C15H11NO3/c17-13(6-5-12-3-1-2-8-16-12)11-4-7-14-15(9-11)19-10-18-14/h1-9H,10H2. The number of pyridine rings is 1. The van der Waals surface area contributed by atoms with Crippen LogP contribution in [0, 0.1) is 0 Å². The number of hydrogen-bond acceptors (Lipinski definition) is 4. The Morgan fingerprint density at radius 3 is 2.89 bits per heavy atom. The second-order valence-corrected chi connectivity index (χ2v) is 4.02. The summed E-state index contributed by atoms with van der Waals surface area (Å²) >= 11 is 0. The Bertz CT molecular complexity index is 635. The third-order valence-corrected chi connectivity index (χ3v) is 2.75. The zero-order valence-corrected chi connectivity index (χ0v) is 10.1. The lowest BCUT2D eigenvalue weighted by atomic mass is 10.1. The van der Waals surface area contributed by atoms with E-state index in [1.165, 1.54) is 6.08 Å². The van der Waals surface area contributed by atoms with Crippen LogP contribution in [0.15, 0.2) is 48.7 Å². The first-order valence-corrected chi connectivity index (χ1v) is 5.86. The van der Waals surface area contributed by atoms with Crippen molar-refractivity contribution in [2.45, 2.75) is 0 Å². The molecule has 4 heteroatoms. The summed E-state index contributed by atoms with van der Waals surface area (Å²) in [5.74, 6) is 1.19. The Hall–Kier alpha value is -2.62. The fraction of sp³-hybridized carbons (Fsp3) is 0.0667. The summed E-state index contributed by atoms with van der Waals surface area (Å²) in [6.07, 6.45) is 4.87. The highest BCUT2D eigenvalue weighted by atomic mass is 16.7. The second-order valence-electron chi connectivity index (χ2n) is 4.02. The van der Waals surface area contributed by atoms with Crippen LogP contribution in [-0.2, 0) is 0 Å². The van der Waals surface area contributed by atoms with E-state index in [-0.39, 0.29) is 12.6 Å². The lowest BCUT2D eigenvalue weighted by molar-refractivity contribution is 0.104. The highest BCUT2D eigenvalue weighted by Crippen LogP contribution is 2.32. The molecule has 4 nitrogen and oxygen atoms in total. The summed E-state index contributed by atoms with van der Waals surface area (Å²) in [6, 6.07) is 10.7. The molecule has 19 heavy (non-hydrogen) atoms. The quantitative estimate of drug-likeness (QED) is 0.623. The molecule has 0 fully saturated rings. The van der Waals surface area contributed by atoms with Gasteiger partial charge in [-0.25, -0.2) is 0 Å². The van der Waals surface area contributed by atoms with Gasteiger partial charge in [-0.05, 0) is 42.5 Å². The van der Waals surface area contributed by atoms with Crippen molar-refractivity contribution >= 4 is 11.9 Å². The van der Waals surface area contributed by atoms with Gasteiger partial charge in [-0.3, -0.25) is 9.78 Å². The van der Waals surface area contributed by atoms with Gasteiger partial charge in [0.05, 0.1) is 5.69 Å². The van der Waals surface area contributed by atoms with Crippen LogP contribution in [0.1, 0.15) is 16.1 Å². The van der Waals surface area contributed by atoms with Gasteiger partial charge in [0.2, 0.25) is 6.79 Å². The van der Waals surface area contributed by atoms with E-state index in [4.69, 9.17) is 9.47 Å². The van der Waals surface area contributed by atoms with E-state index in [1.807, 2.05) is 18.2 Å². The molecule has 94 valence electrons. The highest BCUT2D eigenvalue weighted by Gasteiger charge is 2.14. The number of hydrogen-bond donors (Lipinski definition) is 0. The van der Waals surface area contributed by atoms with Crippen LogP contribution in [0.4, 0.5) is 0 Å². The van der Waals surface area contributed by atoms with Crippen molar-refractivity contribution in [3.63, 3.8) is 0 Å². The lowest BCUT2D eigenvalue weighted by Gasteiger charge is -1.99. The van der Waals surface area contributed by atoms with Crippen LogP contribution >= 0.6 is 0 Å². The van der Waals surface area contributed by atoms with Gasteiger partial charge in [0, 0.05) is 11.8 Å². The summed E-state index contributed by atoms with van der Waals surface area (Å²) in [4.78, 5) is 16.1. The molecule has 2 heterocycles. The van der Waals surface area contributed by atoms with Gasteiger partial charge < -0.3 is 9.47 Å². The molecule has 0 saturated heterocycles. The molecule has 1 aromatic heterocycles. The van der Waals surface area contributed by atoms with Gasteiger partial charge >= 0.3 is 0 Å². The molecule has 0 aliphatic carbocycles. The molecule has 0 spiro atoms. The van der Waals surface area contributed by atoms with E-state index >= 15 is 0 Å². The smallest absolute Gasteiger partial charge is 0.231 e. The number of nitrogens with zero attached hydrogens (tertiary/aromatic N) is 1. The minimum atomic E-state index is -0.0936. The van der Waals surface area contributed by atoms with E-state index in [0.717, 1.165) is 5.69 Å². The van der Waals surface area contributed by atoms with Gasteiger partial charge in [-0.1, -0.05) is 6.07 Å². The van der Waals surface area contributed by atoms with Crippen LogP contribution in [0.5, 0.6) is 11.5 Å². The predicted octanol–water partition coefficient (Wildman–Crippen LogP) is 2.71. The maximum atomic E-state index is 12.0. The maximum absolute atomic E-state index is 12.0. The zero-order chi connectivity index (χ0) is 13.1. The topological polar surface area (TPSA) is 48.4 Å². The van der Waals surface area contributed by atoms with Crippen molar-refractivity contribution in [1.82, 2.24) is 4.98 Å². The number of benzene rings is 1. The van der Waals surface area contributed by atoms with Gasteiger partial charge in [-0.15, -0.1) is 0 Å². The van der Waals surface area contributed by atoms with Crippen molar-refractivity contribution < 1.29 is 14.3 Å². The van der Waals surface area contributed by atoms with E-state index in [2.05, 4.69) is 4.98 Å². The maximum Gasteiger partial charge on any atom is 0.231 e. The van der Waals surface area contributed by atoms with Crippen LogP contribution in [-0.4, -0.2) is 17.6 Å². The van der Waals surface area contributed by atoms with Crippen LogP contribution in [0.25, 0.3) is 6.08 Å². The number of carbonyl (C=O) groups excluding carboxylic acids is 1. The second kappa shape index (κ2) is 4.94. The molecule has 3 rings (SSSR count). The molecule has 0 atom stereocenters. The monoisotopic (exact) mass is 253 g/mol. The molecule has 0 bridgehead atoms. The molecular weight excluding hydrogens is 242 g/mol. The van der Waals surface area contributed by atoms with Gasteiger partial charge in [0.25, 0.3) is 0 Å². The Morgan fingerprint density at radius 2 is 2.05 bits per heavy atom. The van der Waals surface area contributed by atoms with E-state index < -0.39 is 0 Å². The van der Waals surface area contributed by atoms with Gasteiger partial charge in [0.15, 0.2) is 17.3 Å². The fourth-order valence-electron chi connectivity index (χ4n) is 1.78. The van der Waals surface area contributed by atoms with E-state index in [0.29, 0.717) is 17.1 Å². The molecule has 0 amide bonds. The minimum absolute atomic E-state index is 0.0936. The number of ketones is 1. The van der Waals surface area contributed by atoms with E-state index in [1.54, 1.807) is 30.5 Å². The molecule has 1 aromatic carbocycles. The molecule has 1 aliphatic heterocycles. The fourth-order valence-corrected chi connectivity index (χ4v) is 1.78. The Morgan fingerprint density at radius 1 is 1.16 bits per heavy atom. The average molecular weight is 253 g/mol. The number of aromatic nitrogens is 1. The van der Waals surface area contributed by atoms with Gasteiger partial charge in [-0.2, -0.15) is 0 Å². The number of carbonyl (C=O) groups is 1. The number of allylic oxidation sites excluding steroid dienone is 1. The summed E-state index contributed by atoms with van der Waals surface area (Å²) < 4.78 is 10.4. The lowest BCUT2D eigenvalue weighted by Crippen LogP contribution is -1.94. The normalized spacial score (nSPS) is 12.8. The average Bonchev–Trinajstić information content (AvgIpc) is 2.93. The number of ether oxygens (including phenoxy) is 2. The Balaban J connectivity index is 1.79. The third kappa shape index (κ3) is 2.47. The Labute approximate surface area is 110 Å². The molecular formula is C15H11NO3. The first-order valence-electron chi connectivity index (χ1n) is 5.86. The summed E-state index contributed by atoms with van der Waals surface area (Å²) in [5, 5.41) is 0. The molecule has 1 aliphatic rings. The number of fused-ring (bicyclic) bond motifs is 1. The minimum Gasteiger partial charge on any atom is -0.454 e. The molecule has 0 radical (unpaired) electrons. The summed E-state index contributed by atoms with van der Waals surface area (Å²) in [7, 11) is 0. The molecule has 0 unspecified atom stereocenters. The first-order chi connectivity index (χ1) is 9.33. The third-order valence-electron chi connectivity index (χ3n) is 2.75. The molecule has 0 saturated carbocycles. The van der Waals surface area contributed by atoms with Crippen molar-refractivity contribution in [2.24, 2.45) is 0 Å². The van der Waals surface area contributed by atoms with Crippen molar-refractivity contribution in [3.8, 4) is 11.5 Å². The van der Waals surface area contributed by atoms with Crippen LogP contribution < -0.4 is 9.47 Å². The Kier molecular flexibility index (Phi) is 2.98. The van der Waals surface area contributed by atoms with E-state index in [9.17, 15) is 4.79 Å². The summed E-state index contributed by atoms with van der Waals surface area (Å²) in [5.41, 5.74) is 1.31. The summed E-state index contributed by atoms with van der Waals surface area (Å²) in [6.45, 7) is 0.205. The largest absolute Gasteiger partial charge is 0.454 e. The molecule has 0 N–H and O–H groups in total. The van der Waals surface area contributed by atoms with Crippen molar-refractivity contribution in [3.05, 3.63) is 59.9 Å². The van der Waals surface area contributed by atoms with Crippen LogP contribution in [0.3, 0.4) is 0 Å². The predicted molar refractivity (Wildman–Crippen MR) is 70.2 cm³/mol. The van der Waals surface area contributed by atoms with Crippen molar-refractivity contribution in [2.75, 3.05) is 6.79 Å². The highest BCUT2D eigenvalue weighted by molar-refractivity contribution is 6.07. The number of rotatable bonds is 3. The SMILES string of the molecule is O=C(C=Cc1ccccn1)c1ccc2c(c1)OCO2. The first kappa shape index (κ1) is 11.5. The van der Waals surface area contributed by atoms with Gasteiger partial charge in [0.1, 0.15) is 0 Å².